The van der Waals surface area contributed by atoms with Crippen LogP contribution < -0.4 is 0 Å². The molecule has 0 nitrogen and oxygen atoms in total. The predicted octanol–water partition coefficient (Wildman–Crippen LogP) is 5.30. The quantitative estimate of drug-likeness (QED) is 0.625. The van der Waals surface area contributed by atoms with Crippen molar-refractivity contribution < 1.29 is 0 Å². The van der Waals surface area contributed by atoms with Crippen molar-refractivity contribution in [1.29, 1.82) is 0 Å². The SMILES string of the molecule is C=C/C=C\C(=C/C=C)c1ccc(C(C)(C)C)cc1. The van der Waals surface area contributed by atoms with Gasteiger partial charge in [-0.05, 0) is 22.1 Å². The molecule has 0 unspecified atom stereocenters. The summed E-state index contributed by atoms with van der Waals surface area (Å²) in [5, 5.41) is 0. The van der Waals surface area contributed by atoms with Crippen LogP contribution in [0, 0.1) is 0 Å². The minimum atomic E-state index is 0.192. The van der Waals surface area contributed by atoms with E-state index in [1.807, 2.05) is 18.2 Å². The predicted molar refractivity (Wildman–Crippen MR) is 82.7 cm³/mol. The molecule has 1 rings (SSSR count). The Labute approximate surface area is 111 Å². The Morgan fingerprint density at radius 1 is 1.00 bits per heavy atom. The molecule has 1 aromatic rings. The molecule has 0 saturated carbocycles. The number of benzene rings is 1. The molecule has 0 atom stereocenters. The van der Waals surface area contributed by atoms with E-state index in [0.29, 0.717) is 0 Å². The van der Waals surface area contributed by atoms with Crippen LogP contribution in [0.5, 0.6) is 0 Å². The van der Waals surface area contributed by atoms with Gasteiger partial charge in [-0.3, -0.25) is 0 Å². The van der Waals surface area contributed by atoms with Crippen LogP contribution >= 0.6 is 0 Å². The molecule has 0 aliphatic carbocycles. The van der Waals surface area contributed by atoms with E-state index in [1.54, 1.807) is 12.2 Å². The highest BCUT2D eigenvalue weighted by Gasteiger charge is 2.12. The Balaban J connectivity index is 3.09. The smallest absolute Gasteiger partial charge is 0.0132 e. The second-order valence-electron chi connectivity index (χ2n) is 5.28. The molecule has 0 bridgehead atoms. The maximum absolute atomic E-state index is 3.75. The minimum Gasteiger partial charge on any atom is -0.0991 e. The topological polar surface area (TPSA) is 0 Å². The second-order valence-corrected chi connectivity index (χ2v) is 5.28. The molecule has 18 heavy (non-hydrogen) atoms. The van der Waals surface area contributed by atoms with Gasteiger partial charge in [-0.1, -0.05) is 88.6 Å². The van der Waals surface area contributed by atoms with E-state index >= 15 is 0 Å². The van der Waals surface area contributed by atoms with Crippen molar-refractivity contribution in [3.8, 4) is 0 Å². The van der Waals surface area contributed by atoms with Crippen molar-refractivity contribution in [3.63, 3.8) is 0 Å². The second kappa shape index (κ2) is 6.20. The lowest BCUT2D eigenvalue weighted by Crippen LogP contribution is -2.10. The fourth-order valence-corrected chi connectivity index (χ4v) is 1.71. The Bertz CT molecular complexity index is 462. The molecule has 94 valence electrons. The van der Waals surface area contributed by atoms with Crippen molar-refractivity contribution in [1.82, 2.24) is 0 Å². The van der Waals surface area contributed by atoms with Gasteiger partial charge in [0.05, 0.1) is 0 Å². The summed E-state index contributed by atoms with van der Waals surface area (Å²) < 4.78 is 0. The van der Waals surface area contributed by atoms with Crippen LogP contribution in [0.4, 0.5) is 0 Å². The standard InChI is InChI=1S/C18H22/c1-6-8-10-15(9-7-2)16-11-13-17(14-12-16)18(3,4)5/h6-14H,1-2H2,3-5H3/b10-8-,15-9+. The lowest BCUT2D eigenvalue weighted by atomic mass is 9.86. The highest BCUT2D eigenvalue weighted by molar-refractivity contribution is 5.75. The third-order valence-corrected chi connectivity index (χ3v) is 2.79. The number of allylic oxidation sites excluding steroid dienone is 6. The molecule has 1 aromatic carbocycles. The van der Waals surface area contributed by atoms with E-state index < -0.39 is 0 Å². The van der Waals surface area contributed by atoms with Gasteiger partial charge in [-0.25, -0.2) is 0 Å². The molecule has 0 N–H and O–H groups in total. The van der Waals surface area contributed by atoms with Crippen LogP contribution in [0.1, 0.15) is 31.9 Å². The summed E-state index contributed by atoms with van der Waals surface area (Å²) in [5.74, 6) is 0. The molecule has 0 saturated heterocycles. The molecule has 0 radical (unpaired) electrons. The zero-order chi connectivity index (χ0) is 13.6. The maximum Gasteiger partial charge on any atom is -0.0132 e. The van der Waals surface area contributed by atoms with Gasteiger partial charge >= 0.3 is 0 Å². The Hall–Kier alpha value is -1.82. The van der Waals surface area contributed by atoms with Crippen LogP contribution in [0.25, 0.3) is 5.57 Å². The Morgan fingerprint density at radius 3 is 2.06 bits per heavy atom. The maximum atomic E-state index is 3.75. The summed E-state index contributed by atoms with van der Waals surface area (Å²) in [6, 6.07) is 8.69. The molecular formula is C18H22. The van der Waals surface area contributed by atoms with E-state index in [0.717, 1.165) is 5.57 Å². The summed E-state index contributed by atoms with van der Waals surface area (Å²) in [7, 11) is 0. The van der Waals surface area contributed by atoms with Crippen LogP contribution in [-0.4, -0.2) is 0 Å². The third kappa shape index (κ3) is 3.89. The average molecular weight is 238 g/mol. The molecular weight excluding hydrogens is 216 g/mol. The lowest BCUT2D eigenvalue weighted by Gasteiger charge is -2.19. The van der Waals surface area contributed by atoms with Gasteiger partial charge in [0.2, 0.25) is 0 Å². The van der Waals surface area contributed by atoms with E-state index in [-0.39, 0.29) is 5.41 Å². The van der Waals surface area contributed by atoms with Gasteiger partial charge in [-0.2, -0.15) is 0 Å². The molecule has 0 heterocycles. The van der Waals surface area contributed by atoms with Crippen molar-refractivity contribution in [2.45, 2.75) is 26.2 Å². The van der Waals surface area contributed by atoms with Crippen molar-refractivity contribution in [2.24, 2.45) is 0 Å². The fraction of sp³-hybridized carbons (Fsp3) is 0.222. The van der Waals surface area contributed by atoms with Gasteiger partial charge in [0.1, 0.15) is 0 Å². The summed E-state index contributed by atoms with van der Waals surface area (Å²) in [6.07, 6.45) is 9.57. The van der Waals surface area contributed by atoms with Gasteiger partial charge in [0, 0.05) is 0 Å². The zero-order valence-corrected chi connectivity index (χ0v) is 11.6. The van der Waals surface area contributed by atoms with Crippen LogP contribution in [0.15, 0.2) is 67.8 Å². The molecule has 0 fully saturated rings. The molecule has 0 aliphatic rings. The molecule has 0 aliphatic heterocycles. The monoisotopic (exact) mass is 238 g/mol. The highest BCUT2D eigenvalue weighted by atomic mass is 14.2. The number of hydrogen-bond donors (Lipinski definition) is 0. The van der Waals surface area contributed by atoms with Gasteiger partial charge in [-0.15, -0.1) is 0 Å². The molecule has 0 heteroatoms. The summed E-state index contributed by atoms with van der Waals surface area (Å²) in [6.45, 7) is 14.1. The minimum absolute atomic E-state index is 0.192. The largest absolute Gasteiger partial charge is 0.0991 e. The first-order chi connectivity index (χ1) is 8.49. The first-order valence-electron chi connectivity index (χ1n) is 6.22. The highest BCUT2D eigenvalue weighted by Crippen LogP contribution is 2.24. The van der Waals surface area contributed by atoms with Crippen molar-refractivity contribution >= 4 is 5.57 Å². The van der Waals surface area contributed by atoms with Crippen LogP contribution in [0.3, 0.4) is 0 Å². The molecule has 0 spiro atoms. The van der Waals surface area contributed by atoms with Crippen LogP contribution in [-0.2, 0) is 5.41 Å². The first-order valence-corrected chi connectivity index (χ1v) is 6.22. The van der Waals surface area contributed by atoms with E-state index in [4.69, 9.17) is 0 Å². The summed E-state index contributed by atoms with van der Waals surface area (Å²) >= 11 is 0. The third-order valence-electron chi connectivity index (χ3n) is 2.79. The Morgan fingerprint density at radius 2 is 1.61 bits per heavy atom. The normalized spacial score (nSPS) is 12.7. The van der Waals surface area contributed by atoms with Gasteiger partial charge < -0.3 is 0 Å². The van der Waals surface area contributed by atoms with Gasteiger partial charge in [0.15, 0.2) is 0 Å². The molecule has 0 amide bonds. The van der Waals surface area contributed by atoms with Crippen LogP contribution in [0.2, 0.25) is 0 Å². The Kier molecular flexibility index (Phi) is 4.91. The number of rotatable bonds is 4. The van der Waals surface area contributed by atoms with Crippen molar-refractivity contribution in [3.05, 3.63) is 78.9 Å². The van der Waals surface area contributed by atoms with Gasteiger partial charge in [0.25, 0.3) is 0 Å². The first kappa shape index (κ1) is 14.2. The van der Waals surface area contributed by atoms with E-state index in [1.165, 1.54) is 11.1 Å². The van der Waals surface area contributed by atoms with E-state index in [9.17, 15) is 0 Å². The van der Waals surface area contributed by atoms with E-state index in [2.05, 4.69) is 58.2 Å². The van der Waals surface area contributed by atoms with Crippen molar-refractivity contribution in [2.75, 3.05) is 0 Å². The molecule has 0 aromatic heterocycles. The fourth-order valence-electron chi connectivity index (χ4n) is 1.71. The lowest BCUT2D eigenvalue weighted by molar-refractivity contribution is 0.590. The number of hydrogen-bond acceptors (Lipinski definition) is 0. The average Bonchev–Trinajstić information content (AvgIpc) is 2.33. The summed E-state index contributed by atoms with van der Waals surface area (Å²) in [5.41, 5.74) is 3.88. The summed E-state index contributed by atoms with van der Waals surface area (Å²) in [4.78, 5) is 0. The zero-order valence-electron chi connectivity index (χ0n) is 11.6.